The number of nitrogens with one attached hydrogen (secondary N) is 2. The van der Waals surface area contributed by atoms with Crippen LogP contribution in [0.1, 0.15) is 12.8 Å². The fraction of sp³-hybridized carbons (Fsp3) is 0.250. The number of halogens is 1. The van der Waals surface area contributed by atoms with Crippen molar-refractivity contribution >= 4 is 49.2 Å². The zero-order chi connectivity index (χ0) is 19.1. The Morgan fingerprint density at radius 3 is 2.93 bits per heavy atom. The Kier molecular flexibility index (Phi) is 4.20. The molecule has 8 heteroatoms. The molecule has 28 heavy (non-hydrogen) atoms. The van der Waals surface area contributed by atoms with Crippen molar-refractivity contribution in [1.29, 1.82) is 0 Å². The number of rotatable bonds is 3. The Balaban J connectivity index is 1.23. The molecule has 2 N–H and O–H groups in total. The van der Waals surface area contributed by atoms with Crippen LogP contribution in [-0.4, -0.2) is 34.2 Å². The molecular formula is C20H18FN5OS. The number of amides is 1. The van der Waals surface area contributed by atoms with Crippen molar-refractivity contribution in [3.8, 4) is 0 Å². The summed E-state index contributed by atoms with van der Waals surface area (Å²) in [5.74, 6) is -0.225. The molecule has 0 radical (unpaired) electrons. The fourth-order valence-corrected chi connectivity index (χ4v) is 4.66. The predicted molar refractivity (Wildman–Crippen MR) is 109 cm³/mol. The highest BCUT2D eigenvalue weighted by molar-refractivity contribution is 7.22. The predicted octanol–water partition coefficient (Wildman–Crippen LogP) is 4.17. The van der Waals surface area contributed by atoms with E-state index in [1.165, 1.54) is 23.5 Å². The standard InChI is InChI=1S/C20H18FN5OS/c21-14-2-4-16-18(9-14)28-20(24-16)26-7-5-12(6-8-26)19(27)23-15-3-1-13-11-22-25-17(13)10-15/h1-4,9-12H,5-8H2,(H,22,25)(H,23,27). The molecule has 1 amide bonds. The number of hydrogen-bond acceptors (Lipinski definition) is 5. The molecule has 1 fully saturated rings. The number of aromatic amines is 1. The fourth-order valence-electron chi connectivity index (χ4n) is 3.61. The Morgan fingerprint density at radius 1 is 1.21 bits per heavy atom. The van der Waals surface area contributed by atoms with E-state index in [1.807, 2.05) is 18.2 Å². The van der Waals surface area contributed by atoms with Crippen molar-refractivity contribution in [2.24, 2.45) is 5.92 Å². The minimum absolute atomic E-state index is 0.0273. The van der Waals surface area contributed by atoms with Gasteiger partial charge in [0.25, 0.3) is 0 Å². The number of carbonyl (C=O) groups is 1. The van der Waals surface area contributed by atoms with Crippen molar-refractivity contribution < 1.29 is 9.18 Å². The smallest absolute Gasteiger partial charge is 0.227 e. The third-order valence-electron chi connectivity index (χ3n) is 5.18. The Hall–Kier alpha value is -3.00. The third kappa shape index (κ3) is 3.20. The van der Waals surface area contributed by atoms with E-state index in [1.54, 1.807) is 12.3 Å². The third-order valence-corrected chi connectivity index (χ3v) is 6.26. The Morgan fingerprint density at radius 2 is 2.07 bits per heavy atom. The van der Waals surface area contributed by atoms with Crippen LogP contribution in [0.15, 0.2) is 42.6 Å². The molecule has 0 unspecified atom stereocenters. The van der Waals surface area contributed by atoms with Crippen molar-refractivity contribution in [3.63, 3.8) is 0 Å². The quantitative estimate of drug-likeness (QED) is 0.546. The number of aromatic nitrogens is 3. The van der Waals surface area contributed by atoms with Gasteiger partial charge in [-0.3, -0.25) is 9.89 Å². The molecule has 2 aromatic carbocycles. The molecule has 4 aromatic rings. The maximum atomic E-state index is 13.4. The molecule has 1 saturated heterocycles. The molecule has 5 rings (SSSR count). The number of piperidine rings is 1. The molecule has 0 aliphatic carbocycles. The number of H-pyrrole nitrogens is 1. The number of fused-ring (bicyclic) bond motifs is 2. The maximum absolute atomic E-state index is 13.4. The summed E-state index contributed by atoms with van der Waals surface area (Å²) < 4.78 is 14.2. The average molecular weight is 395 g/mol. The van der Waals surface area contributed by atoms with Gasteiger partial charge in [0.1, 0.15) is 5.82 Å². The lowest BCUT2D eigenvalue weighted by atomic mass is 9.96. The van der Waals surface area contributed by atoms with E-state index < -0.39 is 0 Å². The Bertz CT molecular complexity index is 1160. The van der Waals surface area contributed by atoms with Gasteiger partial charge < -0.3 is 10.2 Å². The second-order valence-corrected chi connectivity index (χ2v) is 8.04. The van der Waals surface area contributed by atoms with Crippen LogP contribution in [0.5, 0.6) is 0 Å². The molecule has 3 heterocycles. The van der Waals surface area contributed by atoms with Crippen LogP contribution in [0.25, 0.3) is 21.1 Å². The minimum Gasteiger partial charge on any atom is -0.348 e. The number of anilines is 2. The van der Waals surface area contributed by atoms with Gasteiger partial charge in [0.15, 0.2) is 5.13 Å². The highest BCUT2D eigenvalue weighted by Gasteiger charge is 2.26. The van der Waals surface area contributed by atoms with Gasteiger partial charge in [-0.1, -0.05) is 11.3 Å². The summed E-state index contributed by atoms with van der Waals surface area (Å²) in [7, 11) is 0. The van der Waals surface area contributed by atoms with Crippen LogP contribution < -0.4 is 10.2 Å². The largest absolute Gasteiger partial charge is 0.348 e. The van der Waals surface area contributed by atoms with Crippen LogP contribution in [0, 0.1) is 11.7 Å². The molecule has 1 aliphatic heterocycles. The topological polar surface area (TPSA) is 73.9 Å². The first-order valence-electron chi connectivity index (χ1n) is 9.21. The number of carbonyl (C=O) groups excluding carboxylic acids is 1. The van der Waals surface area contributed by atoms with E-state index in [2.05, 4.69) is 25.4 Å². The normalized spacial score (nSPS) is 15.4. The van der Waals surface area contributed by atoms with Gasteiger partial charge >= 0.3 is 0 Å². The lowest BCUT2D eigenvalue weighted by Crippen LogP contribution is -2.38. The summed E-state index contributed by atoms with van der Waals surface area (Å²) in [5.41, 5.74) is 2.49. The summed E-state index contributed by atoms with van der Waals surface area (Å²) >= 11 is 1.50. The van der Waals surface area contributed by atoms with E-state index in [4.69, 9.17) is 0 Å². The number of nitrogens with zero attached hydrogens (tertiary/aromatic N) is 3. The van der Waals surface area contributed by atoms with Gasteiger partial charge in [-0.25, -0.2) is 9.37 Å². The lowest BCUT2D eigenvalue weighted by molar-refractivity contribution is -0.120. The first-order chi connectivity index (χ1) is 13.7. The van der Waals surface area contributed by atoms with E-state index in [-0.39, 0.29) is 17.6 Å². The zero-order valence-electron chi connectivity index (χ0n) is 15.0. The molecule has 2 aromatic heterocycles. The zero-order valence-corrected chi connectivity index (χ0v) is 15.8. The Labute approximate surface area is 164 Å². The van der Waals surface area contributed by atoms with Crippen LogP contribution >= 0.6 is 11.3 Å². The minimum atomic E-state index is -0.244. The van der Waals surface area contributed by atoms with Gasteiger partial charge in [-0.15, -0.1) is 0 Å². The molecule has 6 nitrogen and oxygen atoms in total. The average Bonchev–Trinajstić information content (AvgIpc) is 3.34. The lowest BCUT2D eigenvalue weighted by Gasteiger charge is -2.31. The first-order valence-corrected chi connectivity index (χ1v) is 10.0. The monoisotopic (exact) mass is 395 g/mol. The second kappa shape index (κ2) is 6.87. The van der Waals surface area contributed by atoms with E-state index in [9.17, 15) is 9.18 Å². The van der Waals surface area contributed by atoms with Gasteiger partial charge in [-0.2, -0.15) is 5.10 Å². The van der Waals surface area contributed by atoms with Gasteiger partial charge in [0.05, 0.1) is 21.9 Å². The summed E-state index contributed by atoms with van der Waals surface area (Å²) in [5, 5.41) is 11.8. The van der Waals surface area contributed by atoms with E-state index in [0.717, 1.165) is 57.9 Å². The van der Waals surface area contributed by atoms with E-state index in [0.29, 0.717) is 0 Å². The number of hydrogen-bond donors (Lipinski definition) is 2. The first kappa shape index (κ1) is 17.1. The van der Waals surface area contributed by atoms with Crippen molar-refractivity contribution in [3.05, 3.63) is 48.4 Å². The van der Waals surface area contributed by atoms with Crippen molar-refractivity contribution in [2.45, 2.75) is 12.8 Å². The highest BCUT2D eigenvalue weighted by atomic mass is 32.1. The molecule has 0 spiro atoms. The molecule has 0 saturated carbocycles. The van der Waals surface area contributed by atoms with Crippen LogP contribution in [-0.2, 0) is 4.79 Å². The van der Waals surface area contributed by atoms with E-state index >= 15 is 0 Å². The molecule has 0 atom stereocenters. The SMILES string of the molecule is O=C(Nc1ccc2cn[nH]c2c1)C1CCN(c2nc3ccc(F)cc3s2)CC1. The summed E-state index contributed by atoms with van der Waals surface area (Å²) in [6.07, 6.45) is 3.29. The molecule has 1 aliphatic rings. The number of benzene rings is 2. The number of thiazole rings is 1. The summed E-state index contributed by atoms with van der Waals surface area (Å²) in [6.45, 7) is 1.53. The highest BCUT2D eigenvalue weighted by Crippen LogP contribution is 2.32. The van der Waals surface area contributed by atoms with Gasteiger partial charge in [-0.05, 0) is 49.2 Å². The maximum Gasteiger partial charge on any atom is 0.227 e. The van der Waals surface area contributed by atoms with Crippen molar-refractivity contribution in [2.75, 3.05) is 23.3 Å². The van der Waals surface area contributed by atoms with Crippen LogP contribution in [0.2, 0.25) is 0 Å². The molecular weight excluding hydrogens is 377 g/mol. The molecule has 0 bridgehead atoms. The van der Waals surface area contributed by atoms with Gasteiger partial charge in [0, 0.05) is 30.1 Å². The second-order valence-electron chi connectivity index (χ2n) is 7.03. The van der Waals surface area contributed by atoms with Crippen LogP contribution in [0.4, 0.5) is 15.2 Å². The van der Waals surface area contributed by atoms with Crippen LogP contribution in [0.3, 0.4) is 0 Å². The summed E-state index contributed by atoms with van der Waals surface area (Å²) in [4.78, 5) is 19.4. The molecule has 142 valence electrons. The van der Waals surface area contributed by atoms with Gasteiger partial charge in [0.2, 0.25) is 5.91 Å². The van der Waals surface area contributed by atoms with Crippen molar-refractivity contribution in [1.82, 2.24) is 15.2 Å². The summed E-state index contributed by atoms with van der Waals surface area (Å²) in [6, 6.07) is 10.4.